The van der Waals surface area contributed by atoms with Gasteiger partial charge in [0.1, 0.15) is 0 Å². The monoisotopic (exact) mass is 216 g/mol. The van der Waals surface area contributed by atoms with E-state index in [2.05, 4.69) is 16.0 Å². The maximum absolute atomic E-state index is 10.9. The van der Waals surface area contributed by atoms with Gasteiger partial charge in [-0.1, -0.05) is 0 Å². The van der Waals surface area contributed by atoms with Crippen molar-refractivity contribution in [1.82, 2.24) is 9.88 Å². The highest BCUT2D eigenvalue weighted by Crippen LogP contribution is 2.22. The van der Waals surface area contributed by atoms with Crippen LogP contribution in [-0.2, 0) is 13.1 Å². The zero-order valence-corrected chi connectivity index (χ0v) is 8.73. The number of rotatable bonds is 1. The van der Waals surface area contributed by atoms with Gasteiger partial charge in [0.2, 0.25) is 0 Å². The van der Waals surface area contributed by atoms with E-state index in [1.54, 1.807) is 12.1 Å². The van der Waals surface area contributed by atoms with Crippen molar-refractivity contribution in [3.63, 3.8) is 0 Å². The molecule has 0 unspecified atom stereocenters. The standard InChI is InChI=1S/C12H12N2O2/c15-12(16)8-1-2-11-9(5-8)6-10-7-13-3-4-14(10)11/h1-2,5-6,13H,3-4,7H2,(H,15,16). The lowest BCUT2D eigenvalue weighted by Gasteiger charge is -2.16. The molecule has 1 aromatic carbocycles. The van der Waals surface area contributed by atoms with Crippen molar-refractivity contribution < 1.29 is 9.90 Å². The van der Waals surface area contributed by atoms with E-state index >= 15 is 0 Å². The van der Waals surface area contributed by atoms with Gasteiger partial charge in [0.25, 0.3) is 0 Å². The van der Waals surface area contributed by atoms with Crippen LogP contribution in [0.25, 0.3) is 10.9 Å². The smallest absolute Gasteiger partial charge is 0.335 e. The normalized spacial score (nSPS) is 15.0. The maximum atomic E-state index is 10.9. The van der Waals surface area contributed by atoms with Gasteiger partial charge in [0.05, 0.1) is 5.56 Å². The van der Waals surface area contributed by atoms with Crippen LogP contribution in [0.15, 0.2) is 24.3 Å². The van der Waals surface area contributed by atoms with Gasteiger partial charge >= 0.3 is 5.97 Å². The number of fused-ring (bicyclic) bond motifs is 3. The highest BCUT2D eigenvalue weighted by molar-refractivity contribution is 5.94. The molecule has 1 aliphatic rings. The number of carboxylic acids is 1. The Morgan fingerprint density at radius 3 is 3.06 bits per heavy atom. The number of benzene rings is 1. The van der Waals surface area contributed by atoms with Crippen LogP contribution < -0.4 is 5.32 Å². The van der Waals surface area contributed by atoms with Crippen molar-refractivity contribution in [2.75, 3.05) is 6.54 Å². The van der Waals surface area contributed by atoms with E-state index in [1.807, 2.05) is 6.07 Å². The summed E-state index contributed by atoms with van der Waals surface area (Å²) in [5, 5.41) is 13.2. The van der Waals surface area contributed by atoms with Crippen molar-refractivity contribution >= 4 is 16.9 Å². The molecule has 1 aliphatic heterocycles. The zero-order chi connectivity index (χ0) is 11.1. The quantitative estimate of drug-likeness (QED) is 0.758. The topological polar surface area (TPSA) is 54.3 Å². The molecular weight excluding hydrogens is 204 g/mol. The molecule has 1 aromatic heterocycles. The summed E-state index contributed by atoms with van der Waals surface area (Å²) in [4.78, 5) is 10.9. The molecule has 2 aromatic rings. The summed E-state index contributed by atoms with van der Waals surface area (Å²) in [5.74, 6) is -0.871. The summed E-state index contributed by atoms with van der Waals surface area (Å²) >= 11 is 0. The third-order valence-corrected chi connectivity index (χ3v) is 3.05. The summed E-state index contributed by atoms with van der Waals surface area (Å²) in [5.41, 5.74) is 2.70. The van der Waals surface area contributed by atoms with Crippen LogP contribution in [0.3, 0.4) is 0 Å². The lowest BCUT2D eigenvalue weighted by atomic mass is 10.1. The number of carboxylic acid groups (broad SMARTS) is 1. The van der Waals surface area contributed by atoms with Gasteiger partial charge in [-0.05, 0) is 24.3 Å². The summed E-state index contributed by atoms with van der Waals surface area (Å²) < 4.78 is 2.25. The van der Waals surface area contributed by atoms with E-state index < -0.39 is 5.97 Å². The summed E-state index contributed by atoms with van der Waals surface area (Å²) in [6.45, 7) is 2.78. The van der Waals surface area contributed by atoms with Crippen molar-refractivity contribution in [2.45, 2.75) is 13.1 Å². The molecule has 3 rings (SSSR count). The zero-order valence-electron chi connectivity index (χ0n) is 8.73. The Kier molecular flexibility index (Phi) is 1.97. The Bertz CT molecular complexity index is 572. The number of nitrogens with zero attached hydrogens (tertiary/aromatic N) is 1. The fourth-order valence-corrected chi connectivity index (χ4v) is 2.28. The van der Waals surface area contributed by atoms with E-state index in [1.165, 1.54) is 5.69 Å². The molecular formula is C12H12N2O2. The lowest BCUT2D eigenvalue weighted by Crippen LogP contribution is -2.27. The number of hydrogen-bond donors (Lipinski definition) is 2. The predicted octanol–water partition coefficient (Wildman–Crippen LogP) is 1.44. The SMILES string of the molecule is O=C(O)c1ccc2c(c1)cc1n2CCNC1. The summed E-state index contributed by atoms with van der Waals surface area (Å²) in [6.07, 6.45) is 0. The van der Waals surface area contributed by atoms with Gasteiger partial charge in [-0.25, -0.2) is 4.79 Å². The maximum Gasteiger partial charge on any atom is 0.335 e. The van der Waals surface area contributed by atoms with E-state index in [0.717, 1.165) is 30.5 Å². The third-order valence-electron chi connectivity index (χ3n) is 3.05. The van der Waals surface area contributed by atoms with Gasteiger partial charge in [0.15, 0.2) is 0 Å². The molecule has 4 heteroatoms. The molecule has 0 radical (unpaired) electrons. The first-order chi connectivity index (χ1) is 7.75. The number of aromatic nitrogens is 1. The Morgan fingerprint density at radius 2 is 2.25 bits per heavy atom. The number of carbonyl (C=O) groups is 1. The molecule has 2 N–H and O–H groups in total. The average molecular weight is 216 g/mol. The van der Waals surface area contributed by atoms with Gasteiger partial charge in [-0.3, -0.25) is 0 Å². The average Bonchev–Trinajstić information content (AvgIpc) is 2.66. The van der Waals surface area contributed by atoms with Crippen LogP contribution in [0.2, 0.25) is 0 Å². The fourth-order valence-electron chi connectivity index (χ4n) is 2.28. The van der Waals surface area contributed by atoms with E-state index in [0.29, 0.717) is 5.56 Å². The minimum Gasteiger partial charge on any atom is -0.478 e. The molecule has 0 atom stereocenters. The first-order valence-corrected chi connectivity index (χ1v) is 5.32. The van der Waals surface area contributed by atoms with Crippen molar-refractivity contribution in [3.05, 3.63) is 35.5 Å². The molecule has 0 saturated carbocycles. The first-order valence-electron chi connectivity index (χ1n) is 5.32. The second kappa shape index (κ2) is 3.35. The number of nitrogens with one attached hydrogen (secondary N) is 1. The lowest BCUT2D eigenvalue weighted by molar-refractivity contribution is 0.0697. The molecule has 82 valence electrons. The Balaban J connectivity index is 2.22. The highest BCUT2D eigenvalue weighted by Gasteiger charge is 2.13. The summed E-state index contributed by atoms with van der Waals surface area (Å²) in [7, 11) is 0. The van der Waals surface area contributed by atoms with Crippen LogP contribution in [0, 0.1) is 0 Å². The minimum atomic E-state index is -0.871. The molecule has 0 amide bonds. The van der Waals surface area contributed by atoms with Crippen LogP contribution in [-0.4, -0.2) is 22.2 Å². The van der Waals surface area contributed by atoms with Crippen LogP contribution >= 0.6 is 0 Å². The van der Waals surface area contributed by atoms with Gasteiger partial charge < -0.3 is 15.0 Å². The highest BCUT2D eigenvalue weighted by atomic mass is 16.4. The molecule has 4 nitrogen and oxygen atoms in total. The second-order valence-electron chi connectivity index (χ2n) is 4.04. The van der Waals surface area contributed by atoms with Gasteiger partial charge in [-0.2, -0.15) is 0 Å². The number of hydrogen-bond acceptors (Lipinski definition) is 2. The van der Waals surface area contributed by atoms with Crippen molar-refractivity contribution in [2.24, 2.45) is 0 Å². The molecule has 0 spiro atoms. The largest absolute Gasteiger partial charge is 0.478 e. The molecule has 0 aliphatic carbocycles. The molecule has 2 heterocycles. The molecule has 16 heavy (non-hydrogen) atoms. The Hall–Kier alpha value is -1.81. The predicted molar refractivity (Wildman–Crippen MR) is 60.6 cm³/mol. The molecule has 0 saturated heterocycles. The second-order valence-corrected chi connectivity index (χ2v) is 4.04. The third kappa shape index (κ3) is 1.31. The van der Waals surface area contributed by atoms with E-state index in [4.69, 9.17) is 5.11 Å². The first kappa shape index (κ1) is 9.42. The molecule has 0 fully saturated rings. The molecule has 0 bridgehead atoms. The van der Waals surface area contributed by atoms with Crippen LogP contribution in [0.5, 0.6) is 0 Å². The van der Waals surface area contributed by atoms with Crippen LogP contribution in [0.1, 0.15) is 16.1 Å². The van der Waals surface area contributed by atoms with E-state index in [9.17, 15) is 4.79 Å². The summed E-state index contributed by atoms with van der Waals surface area (Å²) in [6, 6.07) is 7.37. The van der Waals surface area contributed by atoms with Gasteiger partial charge in [-0.15, -0.1) is 0 Å². The van der Waals surface area contributed by atoms with Crippen molar-refractivity contribution in [3.8, 4) is 0 Å². The van der Waals surface area contributed by atoms with E-state index in [-0.39, 0.29) is 0 Å². The fraction of sp³-hybridized carbons (Fsp3) is 0.250. The Morgan fingerprint density at radius 1 is 1.38 bits per heavy atom. The van der Waals surface area contributed by atoms with Crippen molar-refractivity contribution in [1.29, 1.82) is 0 Å². The van der Waals surface area contributed by atoms with Crippen LogP contribution in [0.4, 0.5) is 0 Å². The Labute approximate surface area is 92.5 Å². The number of aromatic carboxylic acids is 1. The minimum absolute atomic E-state index is 0.350. The van der Waals surface area contributed by atoms with Gasteiger partial charge in [0, 0.05) is 36.2 Å².